The lowest BCUT2D eigenvalue weighted by atomic mass is 9.77. The molecule has 0 unspecified atom stereocenters. The number of likely N-dealkylation sites (tertiary alicyclic amines) is 1. The van der Waals surface area contributed by atoms with E-state index < -0.39 is 0 Å². The largest absolute Gasteiger partial charge is 0.382 e. The van der Waals surface area contributed by atoms with E-state index in [9.17, 15) is 4.79 Å². The molecule has 0 aliphatic carbocycles. The zero-order chi connectivity index (χ0) is 13.5. The van der Waals surface area contributed by atoms with Crippen molar-refractivity contribution in [2.24, 2.45) is 5.41 Å². The number of carbonyl (C=O) groups excluding carboxylic acids is 1. The van der Waals surface area contributed by atoms with Gasteiger partial charge in [-0.1, -0.05) is 0 Å². The molecule has 6 nitrogen and oxygen atoms in total. The van der Waals surface area contributed by atoms with Gasteiger partial charge in [0.1, 0.15) is 11.6 Å². The summed E-state index contributed by atoms with van der Waals surface area (Å²) in [7, 11) is 1.90. The summed E-state index contributed by atoms with van der Waals surface area (Å²) in [6.45, 7) is 2.72. The van der Waals surface area contributed by atoms with Gasteiger partial charge in [0.25, 0.3) is 0 Å². The lowest BCUT2D eigenvalue weighted by Crippen LogP contribution is -2.41. The minimum Gasteiger partial charge on any atom is -0.382 e. The Morgan fingerprint density at radius 1 is 1.32 bits per heavy atom. The highest BCUT2D eigenvalue weighted by atomic mass is 16.2. The number of hydrogen-bond donors (Lipinski definition) is 1. The minimum absolute atomic E-state index is 0.177. The van der Waals surface area contributed by atoms with Gasteiger partial charge >= 0.3 is 0 Å². The van der Waals surface area contributed by atoms with Crippen molar-refractivity contribution in [3.63, 3.8) is 0 Å². The molecule has 2 aliphatic heterocycles. The average Bonchev–Trinajstić information content (AvgIpc) is 2.65. The van der Waals surface area contributed by atoms with Crippen LogP contribution in [0.3, 0.4) is 0 Å². The fourth-order valence-electron chi connectivity index (χ4n) is 3.17. The molecule has 0 atom stereocenters. The third-order valence-corrected chi connectivity index (χ3v) is 4.31. The van der Waals surface area contributed by atoms with Crippen LogP contribution in [0.5, 0.6) is 0 Å². The van der Waals surface area contributed by atoms with E-state index in [1.165, 1.54) is 0 Å². The molecule has 1 spiro atoms. The molecule has 1 aromatic rings. The van der Waals surface area contributed by atoms with E-state index in [1.54, 1.807) is 12.4 Å². The standard InChI is InChI=1S/C13H19N5O/c1-17-9-13(6-12(17)19)2-4-18(5-3-13)11-8-15-7-10(14)16-11/h7-8H,2-6,9H2,1H3,(H2,14,16). The fraction of sp³-hybridized carbons (Fsp3) is 0.615. The summed E-state index contributed by atoms with van der Waals surface area (Å²) in [6.07, 6.45) is 6.05. The van der Waals surface area contributed by atoms with E-state index >= 15 is 0 Å². The van der Waals surface area contributed by atoms with Gasteiger partial charge in [-0.05, 0) is 12.8 Å². The number of nitrogen functional groups attached to an aromatic ring is 1. The molecule has 2 saturated heterocycles. The second kappa shape index (κ2) is 4.36. The summed E-state index contributed by atoms with van der Waals surface area (Å²) >= 11 is 0. The van der Waals surface area contributed by atoms with Crippen LogP contribution in [0.1, 0.15) is 19.3 Å². The van der Waals surface area contributed by atoms with Crippen LogP contribution in [-0.4, -0.2) is 47.5 Å². The molecule has 3 heterocycles. The van der Waals surface area contributed by atoms with Crippen molar-refractivity contribution in [1.29, 1.82) is 0 Å². The number of nitrogens with two attached hydrogens (primary N) is 1. The number of carbonyl (C=O) groups is 1. The van der Waals surface area contributed by atoms with Crippen LogP contribution in [0.15, 0.2) is 12.4 Å². The Bertz CT molecular complexity index is 496. The van der Waals surface area contributed by atoms with Crippen molar-refractivity contribution in [3.8, 4) is 0 Å². The van der Waals surface area contributed by atoms with E-state index in [1.807, 2.05) is 11.9 Å². The maximum atomic E-state index is 11.7. The van der Waals surface area contributed by atoms with Crippen molar-refractivity contribution in [1.82, 2.24) is 14.9 Å². The van der Waals surface area contributed by atoms with Gasteiger partial charge in [0.15, 0.2) is 0 Å². The van der Waals surface area contributed by atoms with Crippen LogP contribution in [-0.2, 0) is 4.79 Å². The molecule has 3 rings (SSSR count). The number of amides is 1. The molecule has 0 aromatic carbocycles. The summed E-state index contributed by atoms with van der Waals surface area (Å²) in [5, 5.41) is 0. The normalized spacial score (nSPS) is 22.3. The number of rotatable bonds is 1. The summed E-state index contributed by atoms with van der Waals surface area (Å²) in [5.41, 5.74) is 5.84. The first-order valence-corrected chi connectivity index (χ1v) is 6.64. The number of piperidine rings is 1. The summed E-state index contributed by atoms with van der Waals surface area (Å²) in [4.78, 5) is 24.2. The Kier molecular flexibility index (Phi) is 2.80. The Balaban J connectivity index is 1.68. The van der Waals surface area contributed by atoms with Crippen molar-refractivity contribution in [2.45, 2.75) is 19.3 Å². The maximum Gasteiger partial charge on any atom is 0.222 e. The van der Waals surface area contributed by atoms with E-state index in [-0.39, 0.29) is 11.3 Å². The molecular weight excluding hydrogens is 242 g/mol. The highest BCUT2D eigenvalue weighted by molar-refractivity contribution is 5.79. The van der Waals surface area contributed by atoms with E-state index in [0.717, 1.165) is 38.3 Å². The molecule has 2 N–H and O–H groups in total. The first-order chi connectivity index (χ1) is 9.08. The van der Waals surface area contributed by atoms with Crippen LogP contribution < -0.4 is 10.6 Å². The minimum atomic E-state index is 0.177. The van der Waals surface area contributed by atoms with Crippen molar-refractivity contribution in [2.75, 3.05) is 37.3 Å². The summed E-state index contributed by atoms with van der Waals surface area (Å²) in [6, 6.07) is 0. The lowest BCUT2D eigenvalue weighted by molar-refractivity contribution is -0.126. The SMILES string of the molecule is CN1CC2(CCN(c3cncc(N)n3)CC2)CC1=O. The van der Waals surface area contributed by atoms with Gasteiger partial charge in [-0.2, -0.15) is 0 Å². The number of nitrogens with zero attached hydrogens (tertiary/aromatic N) is 4. The second-order valence-electron chi connectivity index (χ2n) is 5.72. The predicted octanol–water partition coefficient (Wildman–Crippen LogP) is 0.507. The zero-order valence-electron chi connectivity index (χ0n) is 11.2. The van der Waals surface area contributed by atoms with Crippen LogP contribution in [0, 0.1) is 5.41 Å². The molecule has 0 bridgehead atoms. The first-order valence-electron chi connectivity index (χ1n) is 6.64. The third kappa shape index (κ3) is 2.22. The number of hydrogen-bond acceptors (Lipinski definition) is 5. The average molecular weight is 261 g/mol. The topological polar surface area (TPSA) is 75.3 Å². The summed E-state index contributed by atoms with van der Waals surface area (Å²) in [5.74, 6) is 1.57. The van der Waals surface area contributed by atoms with E-state index in [0.29, 0.717) is 12.2 Å². The van der Waals surface area contributed by atoms with Gasteiger partial charge in [-0.15, -0.1) is 0 Å². The molecule has 2 fully saturated rings. The Hall–Kier alpha value is -1.85. The van der Waals surface area contributed by atoms with Crippen molar-refractivity contribution < 1.29 is 4.79 Å². The Labute approximate surface area is 112 Å². The maximum absolute atomic E-state index is 11.7. The number of anilines is 2. The molecule has 102 valence electrons. The lowest BCUT2D eigenvalue weighted by Gasteiger charge is -2.39. The van der Waals surface area contributed by atoms with Crippen LogP contribution in [0.4, 0.5) is 11.6 Å². The highest BCUT2D eigenvalue weighted by Gasteiger charge is 2.43. The zero-order valence-corrected chi connectivity index (χ0v) is 11.2. The molecule has 6 heteroatoms. The van der Waals surface area contributed by atoms with Crippen LogP contribution in [0.25, 0.3) is 0 Å². The smallest absolute Gasteiger partial charge is 0.222 e. The van der Waals surface area contributed by atoms with Gasteiger partial charge < -0.3 is 15.5 Å². The molecular formula is C13H19N5O. The van der Waals surface area contributed by atoms with Gasteiger partial charge in [0.2, 0.25) is 5.91 Å². The molecule has 2 aliphatic rings. The predicted molar refractivity (Wildman–Crippen MR) is 72.6 cm³/mol. The van der Waals surface area contributed by atoms with E-state index in [2.05, 4.69) is 14.9 Å². The van der Waals surface area contributed by atoms with E-state index in [4.69, 9.17) is 5.73 Å². The van der Waals surface area contributed by atoms with Gasteiger partial charge in [-0.3, -0.25) is 9.78 Å². The van der Waals surface area contributed by atoms with Gasteiger partial charge in [-0.25, -0.2) is 4.98 Å². The van der Waals surface area contributed by atoms with Crippen molar-refractivity contribution >= 4 is 17.5 Å². The summed E-state index contributed by atoms with van der Waals surface area (Å²) < 4.78 is 0. The first kappa shape index (κ1) is 12.2. The molecule has 1 aromatic heterocycles. The quantitative estimate of drug-likeness (QED) is 0.797. The highest BCUT2D eigenvalue weighted by Crippen LogP contribution is 2.41. The monoisotopic (exact) mass is 261 g/mol. The molecule has 0 radical (unpaired) electrons. The Morgan fingerprint density at radius 2 is 2.05 bits per heavy atom. The number of aromatic nitrogens is 2. The van der Waals surface area contributed by atoms with Crippen LogP contribution in [0.2, 0.25) is 0 Å². The molecule has 0 saturated carbocycles. The molecule has 19 heavy (non-hydrogen) atoms. The van der Waals surface area contributed by atoms with Gasteiger partial charge in [0.05, 0.1) is 12.4 Å². The molecule has 1 amide bonds. The van der Waals surface area contributed by atoms with Crippen LogP contribution >= 0.6 is 0 Å². The third-order valence-electron chi connectivity index (χ3n) is 4.31. The Morgan fingerprint density at radius 3 is 2.63 bits per heavy atom. The van der Waals surface area contributed by atoms with Crippen molar-refractivity contribution in [3.05, 3.63) is 12.4 Å². The second-order valence-corrected chi connectivity index (χ2v) is 5.72. The van der Waals surface area contributed by atoms with Gasteiger partial charge in [0, 0.05) is 38.5 Å². The fourth-order valence-corrected chi connectivity index (χ4v) is 3.17.